The van der Waals surface area contributed by atoms with Crippen LogP contribution in [0.2, 0.25) is 0 Å². The lowest BCUT2D eigenvalue weighted by atomic mass is 9.98. The van der Waals surface area contributed by atoms with Gasteiger partial charge < -0.3 is 19.4 Å². The molecule has 0 bridgehead atoms. The zero-order valence-electron chi connectivity index (χ0n) is 20.5. The highest BCUT2D eigenvalue weighted by atomic mass is 16.5. The molecule has 0 radical (unpaired) electrons. The molecule has 178 valence electrons. The summed E-state index contributed by atoms with van der Waals surface area (Å²) in [6.07, 6.45) is 0.143. The van der Waals surface area contributed by atoms with Crippen molar-refractivity contribution < 1.29 is 9.53 Å². The Morgan fingerprint density at radius 3 is 2.44 bits per heavy atom. The van der Waals surface area contributed by atoms with Crippen LogP contribution in [-0.4, -0.2) is 63.3 Å². The SMILES string of the molecule is CC(C)c1ccc2cc(N3CCOC(Cc4ccccc4N4CCN(C)CC4)C3=O)ccc2c1. The summed E-state index contributed by atoms with van der Waals surface area (Å²) in [5.74, 6) is 0.553. The van der Waals surface area contributed by atoms with E-state index in [2.05, 4.69) is 91.4 Å². The third kappa shape index (κ3) is 4.68. The van der Waals surface area contributed by atoms with Gasteiger partial charge in [0.15, 0.2) is 0 Å². The number of hydrogen-bond acceptors (Lipinski definition) is 4. The minimum Gasteiger partial charge on any atom is -0.369 e. The maximum absolute atomic E-state index is 13.5. The van der Waals surface area contributed by atoms with Gasteiger partial charge in [0.2, 0.25) is 0 Å². The number of carbonyl (C=O) groups excluding carboxylic acids is 1. The molecule has 2 aliphatic heterocycles. The van der Waals surface area contributed by atoms with Gasteiger partial charge in [-0.15, -0.1) is 0 Å². The quantitative estimate of drug-likeness (QED) is 0.557. The van der Waals surface area contributed by atoms with E-state index in [1.807, 2.05) is 4.90 Å². The molecule has 1 unspecified atom stereocenters. The topological polar surface area (TPSA) is 36.0 Å². The number of ether oxygens (including phenoxy) is 1. The van der Waals surface area contributed by atoms with Gasteiger partial charge in [0, 0.05) is 50.5 Å². The van der Waals surface area contributed by atoms with Gasteiger partial charge in [-0.05, 0) is 53.1 Å². The summed E-state index contributed by atoms with van der Waals surface area (Å²) < 4.78 is 6.02. The lowest BCUT2D eigenvalue weighted by Gasteiger charge is -2.36. The van der Waals surface area contributed by atoms with Crippen LogP contribution in [0.3, 0.4) is 0 Å². The molecule has 5 nitrogen and oxygen atoms in total. The first-order chi connectivity index (χ1) is 16.5. The lowest BCUT2D eigenvalue weighted by molar-refractivity contribution is -0.133. The molecule has 0 aliphatic carbocycles. The number of morpholine rings is 1. The number of benzene rings is 3. The van der Waals surface area contributed by atoms with Crippen LogP contribution in [0.25, 0.3) is 10.8 Å². The molecule has 3 aromatic rings. The van der Waals surface area contributed by atoms with Crippen molar-refractivity contribution >= 4 is 28.1 Å². The molecule has 1 amide bonds. The monoisotopic (exact) mass is 457 g/mol. The number of hydrogen-bond donors (Lipinski definition) is 0. The van der Waals surface area contributed by atoms with Crippen molar-refractivity contribution in [2.75, 3.05) is 56.2 Å². The average Bonchev–Trinajstić information content (AvgIpc) is 2.85. The van der Waals surface area contributed by atoms with Crippen molar-refractivity contribution in [1.29, 1.82) is 0 Å². The summed E-state index contributed by atoms with van der Waals surface area (Å²) in [7, 11) is 2.17. The molecule has 2 fully saturated rings. The number of fused-ring (bicyclic) bond motifs is 1. The van der Waals surface area contributed by atoms with Gasteiger partial charge in [-0.25, -0.2) is 0 Å². The van der Waals surface area contributed by atoms with Gasteiger partial charge in [-0.1, -0.05) is 56.3 Å². The van der Waals surface area contributed by atoms with Gasteiger partial charge in [0.05, 0.1) is 6.61 Å². The maximum atomic E-state index is 13.5. The zero-order valence-corrected chi connectivity index (χ0v) is 20.5. The summed E-state index contributed by atoms with van der Waals surface area (Å²) >= 11 is 0. The molecule has 2 aliphatic rings. The molecular weight excluding hydrogens is 422 g/mol. The van der Waals surface area contributed by atoms with Crippen LogP contribution in [0.4, 0.5) is 11.4 Å². The Kier molecular flexibility index (Phi) is 6.57. The van der Waals surface area contributed by atoms with Crippen LogP contribution in [0.5, 0.6) is 0 Å². The third-order valence-corrected chi connectivity index (χ3v) is 7.24. The molecule has 1 atom stereocenters. The molecule has 0 saturated carbocycles. The number of amides is 1. The van der Waals surface area contributed by atoms with E-state index in [0.717, 1.165) is 37.3 Å². The van der Waals surface area contributed by atoms with Crippen LogP contribution < -0.4 is 9.80 Å². The van der Waals surface area contributed by atoms with E-state index in [1.165, 1.54) is 22.2 Å². The van der Waals surface area contributed by atoms with E-state index in [-0.39, 0.29) is 5.91 Å². The van der Waals surface area contributed by atoms with E-state index >= 15 is 0 Å². The molecule has 0 aromatic heterocycles. The lowest BCUT2D eigenvalue weighted by Crippen LogP contribution is -2.49. The molecule has 5 rings (SSSR count). The third-order valence-electron chi connectivity index (χ3n) is 7.24. The number of para-hydroxylation sites is 1. The largest absolute Gasteiger partial charge is 0.369 e. The first kappa shape index (κ1) is 22.9. The fourth-order valence-electron chi connectivity index (χ4n) is 5.06. The minimum atomic E-state index is -0.457. The van der Waals surface area contributed by atoms with Crippen molar-refractivity contribution in [2.45, 2.75) is 32.3 Å². The van der Waals surface area contributed by atoms with E-state index < -0.39 is 6.10 Å². The second-order valence-electron chi connectivity index (χ2n) is 9.92. The van der Waals surface area contributed by atoms with Crippen molar-refractivity contribution in [3.63, 3.8) is 0 Å². The van der Waals surface area contributed by atoms with Crippen LogP contribution >= 0.6 is 0 Å². The molecule has 2 heterocycles. The summed E-state index contributed by atoms with van der Waals surface area (Å²) in [6, 6.07) is 21.4. The zero-order chi connectivity index (χ0) is 23.7. The number of piperazine rings is 1. The molecule has 0 spiro atoms. The number of likely N-dealkylation sites (N-methyl/N-ethyl adjacent to an activating group) is 1. The van der Waals surface area contributed by atoms with Gasteiger partial charge in [0.25, 0.3) is 5.91 Å². The van der Waals surface area contributed by atoms with Crippen molar-refractivity contribution in [3.8, 4) is 0 Å². The van der Waals surface area contributed by atoms with Crippen LogP contribution in [0, 0.1) is 0 Å². The predicted octanol–water partition coefficient (Wildman–Crippen LogP) is 4.69. The van der Waals surface area contributed by atoms with Crippen LogP contribution in [0.1, 0.15) is 30.9 Å². The molecule has 3 aromatic carbocycles. The summed E-state index contributed by atoms with van der Waals surface area (Å²) in [5.41, 5.74) is 4.71. The summed E-state index contributed by atoms with van der Waals surface area (Å²) in [4.78, 5) is 20.2. The van der Waals surface area contributed by atoms with Crippen molar-refractivity contribution in [3.05, 3.63) is 71.8 Å². The molecular formula is C29H35N3O2. The Balaban J connectivity index is 1.35. The molecule has 34 heavy (non-hydrogen) atoms. The Labute approximate surface area is 202 Å². The standard InChI is InChI=1S/C29H35N3O2/c1-21(2)22-8-9-24-19-26(11-10-23(24)18-22)32-16-17-34-28(29(32)33)20-25-6-4-5-7-27(25)31-14-12-30(3)13-15-31/h4-11,18-19,21,28H,12-17,20H2,1-3H3. The van der Waals surface area contributed by atoms with Gasteiger partial charge in [-0.3, -0.25) is 4.79 Å². The van der Waals surface area contributed by atoms with Gasteiger partial charge in [0.1, 0.15) is 6.10 Å². The van der Waals surface area contributed by atoms with E-state index in [0.29, 0.717) is 25.5 Å². The number of nitrogens with zero attached hydrogens (tertiary/aromatic N) is 3. The first-order valence-corrected chi connectivity index (χ1v) is 12.5. The Bertz CT molecular complexity index is 1170. The fraction of sp³-hybridized carbons (Fsp3) is 0.414. The first-order valence-electron chi connectivity index (χ1n) is 12.5. The number of carbonyl (C=O) groups is 1. The van der Waals surface area contributed by atoms with Gasteiger partial charge >= 0.3 is 0 Å². The second-order valence-corrected chi connectivity index (χ2v) is 9.92. The minimum absolute atomic E-state index is 0.0533. The number of anilines is 2. The Morgan fingerprint density at radius 2 is 1.65 bits per heavy atom. The summed E-state index contributed by atoms with van der Waals surface area (Å²) in [6.45, 7) is 9.70. The van der Waals surface area contributed by atoms with Gasteiger partial charge in [-0.2, -0.15) is 0 Å². The molecule has 2 saturated heterocycles. The van der Waals surface area contributed by atoms with E-state index in [9.17, 15) is 4.79 Å². The second kappa shape index (κ2) is 9.77. The Hall–Kier alpha value is -2.89. The highest BCUT2D eigenvalue weighted by molar-refractivity contribution is 5.99. The van der Waals surface area contributed by atoms with Crippen molar-refractivity contribution in [2.24, 2.45) is 0 Å². The Morgan fingerprint density at radius 1 is 0.912 bits per heavy atom. The fourth-order valence-corrected chi connectivity index (χ4v) is 5.06. The molecule has 5 heteroatoms. The van der Waals surface area contributed by atoms with Crippen LogP contribution in [-0.2, 0) is 16.0 Å². The maximum Gasteiger partial charge on any atom is 0.256 e. The normalized spacial score (nSPS) is 19.9. The highest BCUT2D eigenvalue weighted by Crippen LogP contribution is 2.29. The number of rotatable bonds is 5. The highest BCUT2D eigenvalue weighted by Gasteiger charge is 2.32. The smallest absolute Gasteiger partial charge is 0.256 e. The van der Waals surface area contributed by atoms with Crippen LogP contribution in [0.15, 0.2) is 60.7 Å². The summed E-state index contributed by atoms with van der Waals surface area (Å²) in [5, 5.41) is 2.38. The van der Waals surface area contributed by atoms with E-state index in [1.54, 1.807) is 0 Å². The van der Waals surface area contributed by atoms with Crippen molar-refractivity contribution in [1.82, 2.24) is 4.90 Å². The van der Waals surface area contributed by atoms with E-state index in [4.69, 9.17) is 4.74 Å². The average molecular weight is 458 g/mol. The molecule has 0 N–H and O–H groups in total. The predicted molar refractivity (Wildman–Crippen MR) is 140 cm³/mol.